The molecule has 6 rings (SSSR count). The van der Waals surface area contributed by atoms with E-state index in [0.29, 0.717) is 23.6 Å². The normalized spacial score (nSPS) is 33.8. The van der Waals surface area contributed by atoms with E-state index in [1.807, 2.05) is 30.3 Å². The molecule has 0 aliphatic carbocycles. The Labute approximate surface area is 123 Å². The molecule has 4 aliphatic rings. The van der Waals surface area contributed by atoms with Crippen LogP contribution in [0.5, 0.6) is 0 Å². The zero-order valence-electron chi connectivity index (χ0n) is 11.9. The summed E-state index contributed by atoms with van der Waals surface area (Å²) in [7, 11) is 0. The first-order valence-corrected chi connectivity index (χ1v) is 7.81. The Kier molecular flexibility index (Phi) is 2.31. The van der Waals surface area contributed by atoms with Crippen molar-refractivity contribution >= 4 is 16.9 Å². The first-order chi connectivity index (χ1) is 10.3. The van der Waals surface area contributed by atoms with Gasteiger partial charge in [0.25, 0.3) is 5.91 Å². The van der Waals surface area contributed by atoms with Gasteiger partial charge in [0.1, 0.15) is 5.58 Å². The first kappa shape index (κ1) is 11.8. The van der Waals surface area contributed by atoms with Crippen molar-refractivity contribution in [2.75, 3.05) is 26.2 Å². The minimum Gasteiger partial charge on any atom is -0.451 e. The van der Waals surface area contributed by atoms with Crippen LogP contribution in [0.1, 0.15) is 17.0 Å². The summed E-state index contributed by atoms with van der Waals surface area (Å²) >= 11 is 0. The number of nitrogens with zero attached hydrogens (tertiary/aromatic N) is 2. The summed E-state index contributed by atoms with van der Waals surface area (Å²) in [6.07, 6.45) is 1.25. The van der Waals surface area contributed by atoms with Crippen LogP contribution < -0.4 is 0 Å². The quantitative estimate of drug-likeness (QED) is 0.804. The zero-order valence-corrected chi connectivity index (χ0v) is 11.9. The number of para-hydroxylation sites is 1. The molecule has 4 heteroatoms. The lowest BCUT2D eigenvalue weighted by Crippen LogP contribution is -2.54. The van der Waals surface area contributed by atoms with Crippen molar-refractivity contribution in [3.05, 3.63) is 36.1 Å². The molecule has 4 bridgehead atoms. The van der Waals surface area contributed by atoms with Crippen molar-refractivity contribution in [2.24, 2.45) is 11.8 Å². The number of carbonyl (C=O) groups excluding carboxylic acids is 1. The standard InChI is InChI=1S/C17H18N2O2/c20-17(16-7-11-3-1-2-4-15(11)21-16)19-9-12-8-18-6-5-13(12)14(19)10-18/h1-4,7,12-14H,5-6,8-10H2. The van der Waals surface area contributed by atoms with E-state index in [1.54, 1.807) is 0 Å². The Morgan fingerprint density at radius 2 is 2.10 bits per heavy atom. The van der Waals surface area contributed by atoms with Gasteiger partial charge in [-0.3, -0.25) is 4.79 Å². The fraction of sp³-hybridized carbons (Fsp3) is 0.471. The van der Waals surface area contributed by atoms with E-state index < -0.39 is 0 Å². The maximum Gasteiger partial charge on any atom is 0.289 e. The van der Waals surface area contributed by atoms with E-state index in [9.17, 15) is 4.79 Å². The molecule has 5 heterocycles. The van der Waals surface area contributed by atoms with Crippen molar-refractivity contribution < 1.29 is 9.21 Å². The van der Waals surface area contributed by atoms with Gasteiger partial charge in [-0.05, 0) is 36.9 Å². The summed E-state index contributed by atoms with van der Waals surface area (Å²) in [6.45, 7) is 4.34. The van der Waals surface area contributed by atoms with Crippen LogP contribution in [0.15, 0.2) is 34.7 Å². The van der Waals surface area contributed by atoms with Gasteiger partial charge in [0.15, 0.2) is 5.76 Å². The van der Waals surface area contributed by atoms with Crippen molar-refractivity contribution in [3.8, 4) is 0 Å². The van der Waals surface area contributed by atoms with Crippen molar-refractivity contribution in [1.29, 1.82) is 0 Å². The highest BCUT2D eigenvalue weighted by Crippen LogP contribution is 2.42. The van der Waals surface area contributed by atoms with Gasteiger partial charge in [-0.2, -0.15) is 0 Å². The average molecular weight is 282 g/mol. The number of benzene rings is 1. The molecule has 4 atom stereocenters. The molecular weight excluding hydrogens is 264 g/mol. The van der Waals surface area contributed by atoms with E-state index in [0.717, 1.165) is 24.1 Å². The minimum absolute atomic E-state index is 0.0763. The van der Waals surface area contributed by atoms with Gasteiger partial charge in [0.2, 0.25) is 0 Å². The SMILES string of the molecule is O=C(c1cc2ccccc2o1)N1CC2CN3CCC2C1C3. The van der Waals surface area contributed by atoms with Gasteiger partial charge in [0.05, 0.1) is 0 Å². The zero-order chi connectivity index (χ0) is 14.0. The number of carbonyl (C=O) groups is 1. The second-order valence-electron chi connectivity index (χ2n) is 6.65. The summed E-state index contributed by atoms with van der Waals surface area (Å²) in [4.78, 5) is 17.4. The van der Waals surface area contributed by atoms with Crippen LogP contribution in [0.3, 0.4) is 0 Å². The average Bonchev–Trinajstić information content (AvgIpc) is 3.06. The number of likely N-dealkylation sites (tertiary alicyclic amines) is 1. The summed E-state index contributed by atoms with van der Waals surface area (Å²) in [5, 5.41) is 1.01. The van der Waals surface area contributed by atoms with E-state index in [-0.39, 0.29) is 5.91 Å². The third-order valence-electron chi connectivity index (χ3n) is 5.55. The third-order valence-corrected chi connectivity index (χ3v) is 5.55. The molecule has 1 aromatic heterocycles. The molecule has 4 aliphatic heterocycles. The largest absolute Gasteiger partial charge is 0.451 e. The number of amides is 1. The van der Waals surface area contributed by atoms with E-state index in [4.69, 9.17) is 4.42 Å². The number of hydrogen-bond donors (Lipinski definition) is 0. The van der Waals surface area contributed by atoms with Crippen LogP contribution in [0.2, 0.25) is 0 Å². The van der Waals surface area contributed by atoms with Gasteiger partial charge in [0, 0.05) is 31.1 Å². The van der Waals surface area contributed by atoms with Gasteiger partial charge in [-0.25, -0.2) is 0 Å². The lowest BCUT2D eigenvalue weighted by molar-refractivity contribution is 0.0408. The van der Waals surface area contributed by atoms with Crippen molar-refractivity contribution in [1.82, 2.24) is 9.80 Å². The Morgan fingerprint density at radius 3 is 2.90 bits per heavy atom. The minimum atomic E-state index is 0.0763. The number of hydrogen-bond acceptors (Lipinski definition) is 3. The van der Waals surface area contributed by atoms with E-state index >= 15 is 0 Å². The predicted molar refractivity (Wildman–Crippen MR) is 79.1 cm³/mol. The highest BCUT2D eigenvalue weighted by atomic mass is 16.3. The molecule has 2 aromatic rings. The van der Waals surface area contributed by atoms with Gasteiger partial charge < -0.3 is 14.2 Å². The van der Waals surface area contributed by atoms with Gasteiger partial charge in [-0.15, -0.1) is 0 Å². The summed E-state index contributed by atoms with van der Waals surface area (Å²) in [5.74, 6) is 1.95. The van der Waals surface area contributed by atoms with Crippen LogP contribution in [0.4, 0.5) is 0 Å². The second kappa shape index (κ2) is 4.10. The number of rotatable bonds is 1. The van der Waals surface area contributed by atoms with Gasteiger partial charge in [-0.1, -0.05) is 18.2 Å². The molecule has 4 nitrogen and oxygen atoms in total. The molecule has 21 heavy (non-hydrogen) atoms. The Bertz CT molecular complexity index is 689. The van der Waals surface area contributed by atoms with Crippen molar-refractivity contribution in [2.45, 2.75) is 12.5 Å². The molecule has 1 amide bonds. The summed E-state index contributed by atoms with van der Waals surface area (Å²) in [5.41, 5.74) is 0.799. The Balaban J connectivity index is 1.49. The smallest absolute Gasteiger partial charge is 0.289 e. The fourth-order valence-corrected chi connectivity index (χ4v) is 4.57. The van der Waals surface area contributed by atoms with E-state index in [1.165, 1.54) is 19.5 Å². The predicted octanol–water partition coefficient (Wildman–Crippen LogP) is 2.21. The van der Waals surface area contributed by atoms with Gasteiger partial charge >= 0.3 is 0 Å². The lowest BCUT2D eigenvalue weighted by atomic mass is 9.80. The highest BCUT2D eigenvalue weighted by Gasteiger charge is 2.51. The molecule has 0 saturated carbocycles. The van der Waals surface area contributed by atoms with Crippen LogP contribution in [0.25, 0.3) is 11.0 Å². The lowest BCUT2D eigenvalue weighted by Gasteiger charge is -2.44. The second-order valence-corrected chi connectivity index (χ2v) is 6.65. The topological polar surface area (TPSA) is 36.7 Å². The monoisotopic (exact) mass is 282 g/mol. The van der Waals surface area contributed by atoms with E-state index in [2.05, 4.69) is 9.80 Å². The molecule has 1 aromatic carbocycles. The highest BCUT2D eigenvalue weighted by molar-refractivity contribution is 5.96. The molecule has 0 N–H and O–H groups in total. The molecule has 0 spiro atoms. The van der Waals surface area contributed by atoms with Crippen LogP contribution in [0, 0.1) is 11.8 Å². The number of furan rings is 1. The van der Waals surface area contributed by atoms with Crippen LogP contribution in [-0.2, 0) is 0 Å². The van der Waals surface area contributed by atoms with Crippen molar-refractivity contribution in [3.63, 3.8) is 0 Å². The molecule has 4 unspecified atom stereocenters. The fourth-order valence-electron chi connectivity index (χ4n) is 4.57. The molecule has 4 saturated heterocycles. The summed E-state index contributed by atoms with van der Waals surface area (Å²) < 4.78 is 5.77. The maximum atomic E-state index is 12.8. The van der Waals surface area contributed by atoms with Crippen LogP contribution in [-0.4, -0.2) is 47.9 Å². The van der Waals surface area contributed by atoms with Crippen LogP contribution >= 0.6 is 0 Å². The molecule has 108 valence electrons. The molecule has 0 radical (unpaired) electrons. The molecule has 4 fully saturated rings. The Morgan fingerprint density at radius 1 is 1.19 bits per heavy atom. The Hall–Kier alpha value is -1.81. The number of fused-ring (bicyclic) bond motifs is 2. The first-order valence-electron chi connectivity index (χ1n) is 7.81. The number of piperidine rings is 3. The summed E-state index contributed by atoms with van der Waals surface area (Å²) in [6, 6.07) is 10.1. The maximum absolute atomic E-state index is 12.8. The molecular formula is C17H18N2O2. The third kappa shape index (κ3) is 1.62.